The molecule has 0 fully saturated rings. The summed E-state index contributed by atoms with van der Waals surface area (Å²) in [5.74, 6) is -0.202. The second kappa shape index (κ2) is 8.22. The summed E-state index contributed by atoms with van der Waals surface area (Å²) in [5, 5.41) is 2.56. The number of aromatic nitrogens is 1. The van der Waals surface area contributed by atoms with E-state index in [1.807, 2.05) is 0 Å². The van der Waals surface area contributed by atoms with Gasteiger partial charge in [-0.15, -0.1) is 0 Å². The number of nitrogens with one attached hydrogen (secondary N) is 1. The van der Waals surface area contributed by atoms with Crippen LogP contribution in [-0.4, -0.2) is 32.2 Å². The summed E-state index contributed by atoms with van der Waals surface area (Å²) in [6, 6.07) is 12.8. The van der Waals surface area contributed by atoms with Gasteiger partial charge in [-0.3, -0.25) is 4.79 Å². The first-order valence-electron chi connectivity index (χ1n) is 9.31. The van der Waals surface area contributed by atoms with Crippen molar-refractivity contribution in [1.29, 1.82) is 0 Å². The Bertz CT molecular complexity index is 1210. The predicted octanol–water partition coefficient (Wildman–Crippen LogP) is 4.16. The van der Waals surface area contributed by atoms with Gasteiger partial charge in [0.25, 0.3) is 0 Å². The van der Waals surface area contributed by atoms with Gasteiger partial charge in [-0.25, -0.2) is 8.42 Å². The Morgan fingerprint density at radius 1 is 1.03 bits per heavy atom. The Morgan fingerprint density at radius 2 is 1.61 bits per heavy atom. The molecule has 0 saturated heterocycles. The summed E-state index contributed by atoms with van der Waals surface area (Å²) in [6.07, 6.45) is -3.23. The van der Waals surface area contributed by atoms with Crippen molar-refractivity contribution in [2.75, 3.05) is 13.3 Å². The van der Waals surface area contributed by atoms with Crippen LogP contribution in [0.2, 0.25) is 0 Å². The molecule has 0 radical (unpaired) electrons. The van der Waals surface area contributed by atoms with Crippen molar-refractivity contribution in [3.63, 3.8) is 0 Å². The van der Waals surface area contributed by atoms with Crippen molar-refractivity contribution in [3.8, 4) is 16.9 Å². The summed E-state index contributed by atoms with van der Waals surface area (Å²) < 4.78 is 64.2. The Hall–Kier alpha value is -3.07. The average Bonchev–Trinajstić information content (AvgIpc) is 3.03. The zero-order valence-corrected chi connectivity index (χ0v) is 17.9. The van der Waals surface area contributed by atoms with Crippen LogP contribution < -0.4 is 5.32 Å². The van der Waals surface area contributed by atoms with Crippen LogP contribution in [0.1, 0.15) is 16.8 Å². The Balaban J connectivity index is 2.16. The summed E-state index contributed by atoms with van der Waals surface area (Å²) in [5.41, 5.74) is 2.45. The van der Waals surface area contributed by atoms with Crippen LogP contribution in [0.4, 0.5) is 13.2 Å². The van der Waals surface area contributed by atoms with E-state index in [0.717, 1.165) is 18.4 Å². The standard InChI is InChI=1S/C22H21F3N2O3S/c1-14-16(13-21(28)26-2)12-20(15-4-10-19(11-5-15)31(3,29)30)27(14)18-8-6-17(7-9-18)22(23,24)25/h4-12H,13H2,1-3H3,(H,26,28). The van der Waals surface area contributed by atoms with Gasteiger partial charge >= 0.3 is 6.18 Å². The van der Waals surface area contributed by atoms with Crippen LogP contribution >= 0.6 is 0 Å². The third-order valence-electron chi connectivity index (χ3n) is 5.01. The second-order valence-corrected chi connectivity index (χ2v) is 9.18. The second-order valence-electron chi connectivity index (χ2n) is 7.17. The number of hydrogen-bond donors (Lipinski definition) is 1. The smallest absolute Gasteiger partial charge is 0.359 e. The third kappa shape index (κ3) is 4.82. The van der Waals surface area contributed by atoms with Gasteiger partial charge in [0, 0.05) is 24.7 Å². The fourth-order valence-electron chi connectivity index (χ4n) is 3.32. The summed E-state index contributed by atoms with van der Waals surface area (Å²) in [6.45, 7) is 1.78. The van der Waals surface area contributed by atoms with Crippen molar-refractivity contribution in [2.45, 2.75) is 24.4 Å². The number of likely N-dealkylation sites (N-methyl/N-ethyl adjacent to an activating group) is 1. The molecule has 0 saturated carbocycles. The van der Waals surface area contributed by atoms with Crippen molar-refractivity contribution in [3.05, 3.63) is 71.4 Å². The molecule has 1 N–H and O–H groups in total. The number of hydrogen-bond acceptors (Lipinski definition) is 3. The van der Waals surface area contributed by atoms with Gasteiger partial charge in [-0.05, 0) is 60.5 Å². The van der Waals surface area contributed by atoms with Gasteiger partial charge in [-0.2, -0.15) is 13.2 Å². The number of rotatable bonds is 5. The number of halogens is 3. The highest BCUT2D eigenvalue weighted by molar-refractivity contribution is 7.90. The Morgan fingerprint density at radius 3 is 2.10 bits per heavy atom. The molecule has 0 atom stereocenters. The topological polar surface area (TPSA) is 68.2 Å². The molecule has 0 aliphatic heterocycles. The molecular formula is C22H21F3N2O3S. The van der Waals surface area contributed by atoms with Gasteiger partial charge in [0.15, 0.2) is 9.84 Å². The van der Waals surface area contributed by atoms with Crippen molar-refractivity contribution < 1.29 is 26.4 Å². The molecule has 31 heavy (non-hydrogen) atoms. The van der Waals surface area contributed by atoms with E-state index < -0.39 is 21.6 Å². The number of carbonyl (C=O) groups is 1. The van der Waals surface area contributed by atoms with E-state index >= 15 is 0 Å². The number of alkyl halides is 3. The van der Waals surface area contributed by atoms with Crippen LogP contribution in [0.25, 0.3) is 16.9 Å². The lowest BCUT2D eigenvalue weighted by Crippen LogP contribution is -2.20. The zero-order valence-electron chi connectivity index (χ0n) is 17.1. The van der Waals surface area contributed by atoms with Gasteiger partial charge in [0.2, 0.25) is 5.91 Å². The minimum absolute atomic E-state index is 0.102. The first kappa shape index (κ1) is 22.6. The maximum Gasteiger partial charge on any atom is 0.416 e. The molecule has 0 unspecified atom stereocenters. The summed E-state index contributed by atoms with van der Waals surface area (Å²) in [4.78, 5) is 12.1. The maximum absolute atomic E-state index is 13.0. The molecular weight excluding hydrogens is 429 g/mol. The van der Waals surface area contributed by atoms with Gasteiger partial charge in [0.05, 0.1) is 22.6 Å². The number of amides is 1. The van der Waals surface area contributed by atoms with E-state index in [2.05, 4.69) is 5.32 Å². The molecule has 2 aromatic carbocycles. The van der Waals surface area contributed by atoms with Crippen LogP contribution in [0.5, 0.6) is 0 Å². The molecule has 3 rings (SSSR count). The van der Waals surface area contributed by atoms with Crippen molar-refractivity contribution >= 4 is 15.7 Å². The van der Waals surface area contributed by atoms with Crippen molar-refractivity contribution in [1.82, 2.24) is 9.88 Å². The van der Waals surface area contributed by atoms with Crippen LogP contribution in [0.15, 0.2) is 59.5 Å². The first-order chi connectivity index (χ1) is 14.4. The van der Waals surface area contributed by atoms with Gasteiger partial charge < -0.3 is 9.88 Å². The number of sulfone groups is 1. The van der Waals surface area contributed by atoms with E-state index in [1.54, 1.807) is 29.7 Å². The molecule has 9 heteroatoms. The molecule has 0 spiro atoms. The molecule has 5 nitrogen and oxygen atoms in total. The maximum atomic E-state index is 13.0. The first-order valence-corrected chi connectivity index (χ1v) is 11.2. The summed E-state index contributed by atoms with van der Waals surface area (Å²) >= 11 is 0. The van der Waals surface area contributed by atoms with Gasteiger partial charge in [-0.1, -0.05) is 12.1 Å². The highest BCUT2D eigenvalue weighted by Gasteiger charge is 2.30. The highest BCUT2D eigenvalue weighted by Crippen LogP contribution is 2.33. The van der Waals surface area contributed by atoms with E-state index in [4.69, 9.17) is 0 Å². The predicted molar refractivity (Wildman–Crippen MR) is 112 cm³/mol. The molecule has 1 amide bonds. The fourth-order valence-corrected chi connectivity index (χ4v) is 3.95. The summed E-state index contributed by atoms with van der Waals surface area (Å²) in [7, 11) is -1.85. The zero-order chi connectivity index (χ0) is 23.0. The molecule has 1 heterocycles. The molecule has 0 aliphatic carbocycles. The quantitative estimate of drug-likeness (QED) is 0.635. The molecule has 164 valence electrons. The minimum Gasteiger partial charge on any atom is -0.359 e. The third-order valence-corrected chi connectivity index (χ3v) is 6.14. The van der Waals surface area contributed by atoms with Crippen LogP contribution in [-0.2, 0) is 27.2 Å². The number of benzene rings is 2. The normalized spacial score (nSPS) is 12.1. The van der Waals surface area contributed by atoms with E-state index in [-0.39, 0.29) is 17.2 Å². The van der Waals surface area contributed by atoms with Gasteiger partial charge in [0.1, 0.15) is 0 Å². The molecule has 0 aliphatic rings. The largest absolute Gasteiger partial charge is 0.416 e. The fraction of sp³-hybridized carbons (Fsp3) is 0.227. The lowest BCUT2D eigenvalue weighted by molar-refractivity contribution is -0.137. The highest BCUT2D eigenvalue weighted by atomic mass is 32.2. The lowest BCUT2D eigenvalue weighted by Gasteiger charge is -2.14. The number of carbonyl (C=O) groups excluding carboxylic acids is 1. The molecule has 0 bridgehead atoms. The number of nitrogens with zero attached hydrogens (tertiary/aromatic N) is 1. The Labute approximate surface area is 178 Å². The molecule has 3 aromatic rings. The van der Waals surface area contributed by atoms with E-state index in [1.165, 1.54) is 31.3 Å². The average molecular weight is 450 g/mol. The van der Waals surface area contributed by atoms with E-state index in [0.29, 0.717) is 28.2 Å². The van der Waals surface area contributed by atoms with Crippen molar-refractivity contribution in [2.24, 2.45) is 0 Å². The minimum atomic E-state index is -4.45. The van der Waals surface area contributed by atoms with Crippen LogP contribution in [0.3, 0.4) is 0 Å². The lowest BCUT2D eigenvalue weighted by atomic mass is 10.1. The SMILES string of the molecule is CNC(=O)Cc1cc(-c2ccc(S(C)(=O)=O)cc2)n(-c2ccc(C(F)(F)F)cc2)c1C. The monoisotopic (exact) mass is 450 g/mol. The Kier molecular flexibility index (Phi) is 6.00. The van der Waals surface area contributed by atoms with Crippen LogP contribution in [0, 0.1) is 6.92 Å². The van der Waals surface area contributed by atoms with E-state index in [9.17, 15) is 26.4 Å². The molecule has 1 aromatic heterocycles.